The molecule has 0 aliphatic carbocycles. The molecule has 0 spiro atoms. The summed E-state index contributed by atoms with van der Waals surface area (Å²) in [6.45, 7) is 13.1. The van der Waals surface area contributed by atoms with Gasteiger partial charge in [0.15, 0.2) is 0 Å². The average molecular weight is 508 g/mol. The van der Waals surface area contributed by atoms with Gasteiger partial charge in [0.05, 0.1) is 22.9 Å². The molecule has 1 fully saturated rings. The fourth-order valence-corrected chi connectivity index (χ4v) is 4.60. The van der Waals surface area contributed by atoms with Crippen molar-refractivity contribution in [1.29, 1.82) is 5.26 Å². The number of rotatable bonds is 6. The molecule has 10 heteroatoms. The number of nitrogens with zero attached hydrogens (tertiary/aromatic N) is 6. The highest BCUT2D eigenvalue weighted by Gasteiger charge is 2.26. The van der Waals surface area contributed by atoms with Gasteiger partial charge in [-0.2, -0.15) is 10.2 Å². The second-order valence-electron chi connectivity index (χ2n) is 10.4. The predicted molar refractivity (Wildman–Crippen MR) is 141 cm³/mol. The summed E-state index contributed by atoms with van der Waals surface area (Å²) in [4.78, 5) is 25.0. The van der Waals surface area contributed by atoms with Crippen LogP contribution in [0.25, 0.3) is 10.9 Å². The third kappa shape index (κ3) is 5.03. The Morgan fingerprint density at radius 1 is 1.19 bits per heavy atom. The zero-order valence-electron chi connectivity index (χ0n) is 22.2. The molecule has 2 aromatic heterocycles. The Kier molecular flexibility index (Phi) is 7.00. The highest BCUT2D eigenvalue weighted by atomic mass is 19.1. The molecular weight excluding hydrogens is 473 g/mol. The standard InChI is InChI=1S/C27H34FN7O2/c1-16(2)35-14-20-23(25(35)37)31-26(34-11-9-33(10-12-34)18(4)36)32-24(20)30-17(3)19-7-8-21(22(28)13-19)27(5,6)15-29/h7-8,13-14,16-17,37H,9-12H2,1-6H3,(H,30,31,32). The number of benzene rings is 1. The number of fused-ring (bicyclic) bond motifs is 1. The molecule has 4 rings (SSSR count). The molecule has 1 amide bonds. The molecule has 3 heterocycles. The first kappa shape index (κ1) is 26.2. The van der Waals surface area contributed by atoms with Crippen molar-refractivity contribution >= 4 is 28.6 Å². The fourth-order valence-electron chi connectivity index (χ4n) is 4.60. The first-order valence-corrected chi connectivity index (χ1v) is 12.5. The van der Waals surface area contributed by atoms with Crippen LogP contribution >= 0.6 is 0 Å². The lowest BCUT2D eigenvalue weighted by atomic mass is 9.85. The molecule has 3 aromatic rings. The summed E-state index contributed by atoms with van der Waals surface area (Å²) in [6, 6.07) is 6.75. The van der Waals surface area contributed by atoms with Gasteiger partial charge in [-0.05, 0) is 46.2 Å². The maximum atomic E-state index is 14.9. The van der Waals surface area contributed by atoms with E-state index in [0.29, 0.717) is 60.0 Å². The maximum Gasteiger partial charge on any atom is 0.228 e. The molecule has 1 aliphatic heterocycles. The minimum absolute atomic E-state index is 0.00663. The zero-order valence-corrected chi connectivity index (χ0v) is 22.2. The van der Waals surface area contributed by atoms with Gasteiger partial charge in [-0.1, -0.05) is 12.1 Å². The van der Waals surface area contributed by atoms with Crippen LogP contribution in [-0.4, -0.2) is 56.6 Å². The van der Waals surface area contributed by atoms with Crippen LogP contribution in [-0.2, 0) is 10.2 Å². The van der Waals surface area contributed by atoms with Crippen molar-refractivity contribution in [2.45, 2.75) is 59.0 Å². The van der Waals surface area contributed by atoms with Crippen LogP contribution in [0.15, 0.2) is 24.4 Å². The lowest BCUT2D eigenvalue weighted by molar-refractivity contribution is -0.129. The molecule has 1 aromatic carbocycles. The summed E-state index contributed by atoms with van der Waals surface area (Å²) in [5.74, 6) is 0.645. The van der Waals surface area contributed by atoms with Crippen LogP contribution in [0.4, 0.5) is 16.2 Å². The predicted octanol–water partition coefficient (Wildman–Crippen LogP) is 4.50. The number of amides is 1. The van der Waals surface area contributed by atoms with Gasteiger partial charge < -0.3 is 24.8 Å². The molecular formula is C27H34FN7O2. The van der Waals surface area contributed by atoms with E-state index in [1.807, 2.05) is 37.9 Å². The van der Waals surface area contributed by atoms with Crippen molar-refractivity contribution < 1.29 is 14.3 Å². The molecule has 196 valence electrons. The van der Waals surface area contributed by atoms with Gasteiger partial charge in [0, 0.05) is 50.9 Å². The Morgan fingerprint density at radius 2 is 1.86 bits per heavy atom. The molecule has 0 bridgehead atoms. The largest absolute Gasteiger partial charge is 0.493 e. The van der Waals surface area contributed by atoms with Crippen molar-refractivity contribution in [2.24, 2.45) is 0 Å². The Hall–Kier alpha value is -3.87. The number of nitriles is 1. The minimum atomic E-state index is -0.934. The molecule has 1 atom stereocenters. The second-order valence-corrected chi connectivity index (χ2v) is 10.4. The first-order chi connectivity index (χ1) is 17.4. The number of hydrogen-bond donors (Lipinski definition) is 2. The summed E-state index contributed by atoms with van der Waals surface area (Å²) < 4.78 is 16.7. The number of halogens is 1. The van der Waals surface area contributed by atoms with E-state index in [-0.39, 0.29) is 23.9 Å². The molecule has 1 unspecified atom stereocenters. The van der Waals surface area contributed by atoms with E-state index in [1.54, 1.807) is 36.3 Å². The number of carbonyl (C=O) groups is 1. The molecule has 9 nitrogen and oxygen atoms in total. The Bertz CT molecular complexity index is 1370. The van der Waals surface area contributed by atoms with E-state index < -0.39 is 11.2 Å². The van der Waals surface area contributed by atoms with Crippen LogP contribution < -0.4 is 10.2 Å². The van der Waals surface area contributed by atoms with Crippen molar-refractivity contribution in [1.82, 2.24) is 19.4 Å². The van der Waals surface area contributed by atoms with Gasteiger partial charge in [0.2, 0.25) is 17.7 Å². The van der Waals surface area contributed by atoms with Gasteiger partial charge in [-0.25, -0.2) is 9.37 Å². The normalized spacial score (nSPS) is 15.2. The fraction of sp³-hybridized carbons (Fsp3) is 0.481. The third-order valence-electron chi connectivity index (χ3n) is 7.02. The van der Waals surface area contributed by atoms with Crippen molar-refractivity contribution in [2.75, 3.05) is 36.4 Å². The third-order valence-corrected chi connectivity index (χ3v) is 7.02. The summed E-state index contributed by atoms with van der Waals surface area (Å²) in [5.41, 5.74) is 0.545. The molecule has 0 radical (unpaired) electrons. The van der Waals surface area contributed by atoms with Crippen LogP contribution in [0.3, 0.4) is 0 Å². The quantitative estimate of drug-likeness (QED) is 0.505. The minimum Gasteiger partial charge on any atom is -0.493 e. The summed E-state index contributed by atoms with van der Waals surface area (Å²) in [6.07, 6.45) is 1.82. The maximum absolute atomic E-state index is 14.9. The number of nitrogens with one attached hydrogen (secondary N) is 1. The monoisotopic (exact) mass is 507 g/mol. The number of carbonyl (C=O) groups excluding carboxylic acids is 1. The summed E-state index contributed by atoms with van der Waals surface area (Å²) >= 11 is 0. The van der Waals surface area contributed by atoms with Gasteiger partial charge in [-0.3, -0.25) is 4.79 Å². The SMILES string of the molecule is CC(=O)N1CCN(c2nc(NC(C)c3ccc(C(C)(C)C#N)c(F)c3)c3cn(C(C)C)c(O)c3n2)CC1. The van der Waals surface area contributed by atoms with E-state index in [9.17, 15) is 19.6 Å². The number of aromatic nitrogens is 3. The molecule has 1 aliphatic rings. The number of aromatic hydroxyl groups is 1. The van der Waals surface area contributed by atoms with Crippen LogP contribution in [0.1, 0.15) is 64.8 Å². The van der Waals surface area contributed by atoms with Crippen LogP contribution in [0.5, 0.6) is 5.88 Å². The van der Waals surface area contributed by atoms with E-state index in [1.165, 1.54) is 6.07 Å². The van der Waals surface area contributed by atoms with Gasteiger partial charge in [-0.15, -0.1) is 0 Å². The van der Waals surface area contributed by atoms with Gasteiger partial charge in [0.1, 0.15) is 17.2 Å². The van der Waals surface area contributed by atoms with E-state index in [4.69, 9.17) is 4.98 Å². The first-order valence-electron chi connectivity index (χ1n) is 12.5. The summed E-state index contributed by atoms with van der Waals surface area (Å²) in [7, 11) is 0. The van der Waals surface area contributed by atoms with E-state index in [2.05, 4.69) is 16.4 Å². The average Bonchev–Trinajstić information content (AvgIpc) is 3.20. The number of hydrogen-bond acceptors (Lipinski definition) is 7. The highest BCUT2D eigenvalue weighted by Crippen LogP contribution is 2.36. The molecule has 0 saturated carbocycles. The Morgan fingerprint density at radius 3 is 2.43 bits per heavy atom. The van der Waals surface area contributed by atoms with Crippen molar-refractivity contribution in [3.8, 4) is 11.9 Å². The van der Waals surface area contributed by atoms with Crippen LogP contribution in [0.2, 0.25) is 0 Å². The van der Waals surface area contributed by atoms with E-state index in [0.717, 1.165) is 0 Å². The molecule has 2 N–H and O–H groups in total. The highest BCUT2D eigenvalue weighted by molar-refractivity contribution is 5.94. The van der Waals surface area contributed by atoms with Gasteiger partial charge in [0.25, 0.3) is 0 Å². The topological polar surface area (TPSA) is 110 Å². The number of piperazine rings is 1. The van der Waals surface area contributed by atoms with Crippen molar-refractivity contribution in [3.63, 3.8) is 0 Å². The lowest BCUT2D eigenvalue weighted by Gasteiger charge is -2.34. The van der Waals surface area contributed by atoms with Gasteiger partial charge >= 0.3 is 0 Å². The molecule has 37 heavy (non-hydrogen) atoms. The van der Waals surface area contributed by atoms with Crippen molar-refractivity contribution in [3.05, 3.63) is 41.3 Å². The smallest absolute Gasteiger partial charge is 0.228 e. The Labute approximate surface area is 216 Å². The Balaban J connectivity index is 1.71. The molecule has 1 saturated heterocycles. The second kappa shape index (κ2) is 9.88. The summed E-state index contributed by atoms with van der Waals surface area (Å²) in [5, 5.41) is 24.4. The van der Waals surface area contributed by atoms with E-state index >= 15 is 0 Å². The lowest BCUT2D eigenvalue weighted by Crippen LogP contribution is -2.48. The number of anilines is 2. The zero-order chi connectivity index (χ0) is 27.1. The van der Waals surface area contributed by atoms with Crippen LogP contribution in [0, 0.1) is 17.1 Å².